The lowest BCUT2D eigenvalue weighted by Gasteiger charge is -2.29. The van der Waals surface area contributed by atoms with Crippen molar-refractivity contribution < 1.29 is 19.1 Å². The van der Waals surface area contributed by atoms with E-state index in [9.17, 15) is 14.4 Å². The number of amides is 2. The smallest absolute Gasteiger partial charge is 0.341 e. The van der Waals surface area contributed by atoms with Crippen LogP contribution in [0.15, 0.2) is 0 Å². The van der Waals surface area contributed by atoms with Gasteiger partial charge in [0.1, 0.15) is 5.00 Å². The summed E-state index contributed by atoms with van der Waals surface area (Å²) >= 11 is 1.45. The largest absolute Gasteiger partial charge is 0.452 e. The standard InChI is InChI=1S/C20H28N2O4S/c1-12-7-3-5-9-15(12)22-17(24)11-26-20(25)18-14-8-4-6-10-16(14)27-19(18)21-13(2)23/h12,15H,3-11H2,1-2H3,(H,21,23)(H,22,24)/t12-,15-/m1/s1. The Morgan fingerprint density at radius 3 is 2.59 bits per heavy atom. The molecule has 148 valence electrons. The molecule has 0 unspecified atom stereocenters. The Kier molecular flexibility index (Phi) is 6.52. The maximum Gasteiger partial charge on any atom is 0.341 e. The zero-order chi connectivity index (χ0) is 19.4. The van der Waals surface area contributed by atoms with E-state index < -0.39 is 5.97 Å². The summed E-state index contributed by atoms with van der Waals surface area (Å²) in [5.41, 5.74) is 1.41. The Bertz CT molecular complexity index is 728. The summed E-state index contributed by atoms with van der Waals surface area (Å²) in [7, 11) is 0. The summed E-state index contributed by atoms with van der Waals surface area (Å²) in [6.07, 6.45) is 8.25. The summed E-state index contributed by atoms with van der Waals surface area (Å²) in [5, 5.41) is 6.29. The van der Waals surface area contributed by atoms with Gasteiger partial charge in [0.05, 0.1) is 5.56 Å². The highest BCUT2D eigenvalue weighted by molar-refractivity contribution is 7.17. The number of ether oxygens (including phenoxy) is 1. The van der Waals surface area contributed by atoms with Crippen LogP contribution in [0.25, 0.3) is 0 Å². The minimum atomic E-state index is -0.523. The third-order valence-electron chi connectivity index (χ3n) is 5.46. The third-order valence-corrected chi connectivity index (χ3v) is 6.66. The SMILES string of the molecule is CC(=O)Nc1sc2c(c1C(=O)OCC(=O)N[C@@H]1CCCC[C@H]1C)CCCC2. The van der Waals surface area contributed by atoms with E-state index in [4.69, 9.17) is 4.74 Å². The minimum Gasteiger partial charge on any atom is -0.452 e. The maximum absolute atomic E-state index is 12.7. The lowest BCUT2D eigenvalue weighted by molar-refractivity contribution is -0.125. The predicted molar refractivity (Wildman–Crippen MR) is 105 cm³/mol. The molecule has 6 nitrogen and oxygen atoms in total. The molecule has 0 spiro atoms. The summed E-state index contributed by atoms with van der Waals surface area (Å²) in [4.78, 5) is 37.6. The Hall–Kier alpha value is -1.89. The number of hydrogen-bond donors (Lipinski definition) is 2. The van der Waals surface area contributed by atoms with Crippen molar-refractivity contribution in [3.63, 3.8) is 0 Å². The number of thiophene rings is 1. The molecular formula is C20H28N2O4S. The van der Waals surface area contributed by atoms with Gasteiger partial charge in [-0.1, -0.05) is 19.8 Å². The first-order chi connectivity index (χ1) is 13.0. The molecule has 2 aliphatic rings. The molecule has 0 aromatic carbocycles. The molecule has 0 saturated heterocycles. The van der Waals surface area contributed by atoms with Gasteiger partial charge in [-0.3, -0.25) is 9.59 Å². The molecule has 2 atom stereocenters. The molecule has 27 heavy (non-hydrogen) atoms. The lowest BCUT2D eigenvalue weighted by Crippen LogP contribution is -2.42. The number of anilines is 1. The van der Waals surface area contributed by atoms with Crippen LogP contribution in [0, 0.1) is 5.92 Å². The van der Waals surface area contributed by atoms with Gasteiger partial charge in [0.15, 0.2) is 6.61 Å². The Balaban J connectivity index is 1.64. The van der Waals surface area contributed by atoms with Crippen LogP contribution in [-0.4, -0.2) is 30.4 Å². The van der Waals surface area contributed by atoms with Gasteiger partial charge in [-0.05, 0) is 50.0 Å². The van der Waals surface area contributed by atoms with Crippen molar-refractivity contribution in [3.8, 4) is 0 Å². The molecule has 1 aromatic heterocycles. The van der Waals surface area contributed by atoms with Gasteiger partial charge in [-0.25, -0.2) is 4.79 Å². The summed E-state index contributed by atoms with van der Waals surface area (Å²) in [6, 6.07) is 0.161. The molecule has 7 heteroatoms. The predicted octanol–water partition coefficient (Wildman–Crippen LogP) is 3.44. The molecule has 2 aliphatic carbocycles. The zero-order valence-electron chi connectivity index (χ0n) is 16.1. The summed E-state index contributed by atoms with van der Waals surface area (Å²) < 4.78 is 5.32. The van der Waals surface area contributed by atoms with Crippen LogP contribution in [0.3, 0.4) is 0 Å². The second-order valence-corrected chi connectivity index (χ2v) is 8.71. The molecule has 1 saturated carbocycles. The number of carbonyl (C=O) groups excluding carboxylic acids is 3. The van der Waals surface area contributed by atoms with E-state index in [1.54, 1.807) is 0 Å². The lowest BCUT2D eigenvalue weighted by atomic mass is 9.86. The van der Waals surface area contributed by atoms with Gasteiger partial charge in [0, 0.05) is 17.8 Å². The highest BCUT2D eigenvalue weighted by Crippen LogP contribution is 2.38. The minimum absolute atomic E-state index is 0.161. The van der Waals surface area contributed by atoms with Crippen molar-refractivity contribution in [2.75, 3.05) is 11.9 Å². The molecule has 3 rings (SSSR count). The highest BCUT2D eigenvalue weighted by Gasteiger charge is 2.28. The van der Waals surface area contributed by atoms with Crippen LogP contribution >= 0.6 is 11.3 Å². The van der Waals surface area contributed by atoms with Gasteiger partial charge in [0.25, 0.3) is 5.91 Å². The van der Waals surface area contributed by atoms with Crippen molar-refractivity contribution in [2.24, 2.45) is 5.92 Å². The molecule has 1 fully saturated rings. The van der Waals surface area contributed by atoms with Crippen LogP contribution < -0.4 is 10.6 Å². The van der Waals surface area contributed by atoms with Crippen LogP contribution in [0.1, 0.15) is 73.2 Å². The summed E-state index contributed by atoms with van der Waals surface area (Å²) in [5.74, 6) is -0.544. The van der Waals surface area contributed by atoms with E-state index in [0.29, 0.717) is 16.5 Å². The number of aryl methyl sites for hydroxylation is 1. The first-order valence-electron chi connectivity index (χ1n) is 9.84. The third kappa shape index (κ3) is 4.89. The monoisotopic (exact) mass is 392 g/mol. The molecule has 1 heterocycles. The number of nitrogens with one attached hydrogen (secondary N) is 2. The first-order valence-corrected chi connectivity index (χ1v) is 10.7. The van der Waals surface area contributed by atoms with Crippen LogP contribution in [0.5, 0.6) is 0 Å². The number of fused-ring (bicyclic) bond motifs is 1. The van der Waals surface area contributed by atoms with Crippen molar-refractivity contribution in [2.45, 2.75) is 71.3 Å². The number of hydrogen-bond acceptors (Lipinski definition) is 5. The number of rotatable bonds is 5. The average Bonchev–Trinajstić information content (AvgIpc) is 2.98. The van der Waals surface area contributed by atoms with E-state index in [0.717, 1.165) is 55.4 Å². The number of carbonyl (C=O) groups is 3. The maximum atomic E-state index is 12.7. The summed E-state index contributed by atoms with van der Waals surface area (Å²) in [6.45, 7) is 3.28. The van der Waals surface area contributed by atoms with E-state index >= 15 is 0 Å². The quantitative estimate of drug-likeness (QED) is 0.752. The van der Waals surface area contributed by atoms with Gasteiger partial charge in [-0.15, -0.1) is 11.3 Å². The average molecular weight is 393 g/mol. The van der Waals surface area contributed by atoms with Gasteiger partial charge < -0.3 is 15.4 Å². The first kappa shape index (κ1) is 19.9. The van der Waals surface area contributed by atoms with Crippen molar-refractivity contribution >= 4 is 34.1 Å². The Morgan fingerprint density at radius 2 is 1.85 bits per heavy atom. The molecular weight excluding hydrogens is 364 g/mol. The van der Waals surface area contributed by atoms with Gasteiger partial charge >= 0.3 is 5.97 Å². The van der Waals surface area contributed by atoms with Gasteiger partial charge in [0.2, 0.25) is 5.91 Å². The van der Waals surface area contributed by atoms with E-state index in [1.807, 2.05) is 0 Å². The second-order valence-electron chi connectivity index (χ2n) is 7.61. The molecule has 0 aliphatic heterocycles. The molecule has 2 N–H and O–H groups in total. The van der Waals surface area contributed by atoms with Gasteiger partial charge in [-0.2, -0.15) is 0 Å². The van der Waals surface area contributed by atoms with E-state index in [-0.39, 0.29) is 24.5 Å². The second kappa shape index (κ2) is 8.87. The molecule has 0 radical (unpaired) electrons. The number of esters is 1. The molecule has 0 bridgehead atoms. The van der Waals surface area contributed by atoms with Crippen molar-refractivity contribution in [3.05, 3.63) is 16.0 Å². The fourth-order valence-electron chi connectivity index (χ4n) is 4.01. The van der Waals surface area contributed by atoms with Crippen LogP contribution in [-0.2, 0) is 27.2 Å². The van der Waals surface area contributed by atoms with Crippen molar-refractivity contribution in [1.29, 1.82) is 0 Å². The highest BCUT2D eigenvalue weighted by atomic mass is 32.1. The molecule has 1 aromatic rings. The Labute approximate surface area is 164 Å². The normalized spacial score (nSPS) is 21.9. The Morgan fingerprint density at radius 1 is 1.11 bits per heavy atom. The van der Waals surface area contributed by atoms with E-state index in [2.05, 4.69) is 17.6 Å². The van der Waals surface area contributed by atoms with Crippen molar-refractivity contribution in [1.82, 2.24) is 5.32 Å². The van der Waals surface area contributed by atoms with Crippen LogP contribution in [0.4, 0.5) is 5.00 Å². The topological polar surface area (TPSA) is 84.5 Å². The van der Waals surface area contributed by atoms with E-state index in [1.165, 1.54) is 24.7 Å². The molecule has 2 amide bonds. The fraction of sp³-hybridized carbons (Fsp3) is 0.650. The zero-order valence-corrected chi connectivity index (χ0v) is 16.9. The fourth-order valence-corrected chi connectivity index (χ4v) is 5.34. The van der Waals surface area contributed by atoms with Crippen LogP contribution in [0.2, 0.25) is 0 Å².